The van der Waals surface area contributed by atoms with Crippen molar-refractivity contribution in [2.75, 3.05) is 13.7 Å². The molecular formula is C23H37NO4. The van der Waals surface area contributed by atoms with Crippen LogP contribution in [0.2, 0.25) is 0 Å². The topological polar surface area (TPSA) is 64.6 Å². The number of ether oxygens (including phenoxy) is 2. The fourth-order valence-electron chi connectivity index (χ4n) is 2.97. The van der Waals surface area contributed by atoms with Gasteiger partial charge >= 0.3 is 5.97 Å². The molecule has 1 rings (SSSR count). The van der Waals surface area contributed by atoms with Gasteiger partial charge in [0, 0.05) is 5.56 Å². The monoisotopic (exact) mass is 391 g/mol. The molecule has 28 heavy (non-hydrogen) atoms. The molecule has 0 radical (unpaired) electrons. The Bertz CT molecular complexity index is 556. The van der Waals surface area contributed by atoms with Gasteiger partial charge in [-0.05, 0) is 37.6 Å². The minimum Gasteiger partial charge on any atom is -0.497 e. The van der Waals surface area contributed by atoms with Crippen LogP contribution in [0.4, 0.5) is 0 Å². The van der Waals surface area contributed by atoms with Crippen LogP contribution in [0.5, 0.6) is 5.75 Å². The lowest BCUT2D eigenvalue weighted by molar-refractivity contribution is -0.145. The molecule has 0 heterocycles. The highest BCUT2D eigenvalue weighted by Crippen LogP contribution is 2.12. The Morgan fingerprint density at radius 1 is 0.893 bits per heavy atom. The fraction of sp³-hybridized carbons (Fsp3) is 0.652. The molecule has 0 aromatic heterocycles. The van der Waals surface area contributed by atoms with Gasteiger partial charge in [0.25, 0.3) is 5.91 Å². The van der Waals surface area contributed by atoms with E-state index in [1.165, 1.54) is 51.4 Å². The number of hydrogen-bond donors (Lipinski definition) is 1. The number of nitrogens with one attached hydrogen (secondary N) is 1. The zero-order valence-electron chi connectivity index (χ0n) is 17.8. The summed E-state index contributed by atoms with van der Waals surface area (Å²) in [7, 11) is 1.57. The maximum atomic E-state index is 12.2. The fourth-order valence-corrected chi connectivity index (χ4v) is 2.97. The van der Waals surface area contributed by atoms with E-state index in [4.69, 9.17) is 9.47 Å². The molecule has 0 aliphatic rings. The van der Waals surface area contributed by atoms with Crippen LogP contribution < -0.4 is 10.1 Å². The molecule has 0 spiro atoms. The van der Waals surface area contributed by atoms with Gasteiger partial charge in [0.05, 0.1) is 13.7 Å². The summed E-state index contributed by atoms with van der Waals surface area (Å²) >= 11 is 0. The Morgan fingerprint density at radius 2 is 1.43 bits per heavy atom. The summed E-state index contributed by atoms with van der Waals surface area (Å²) in [6, 6.07) is 6.08. The van der Waals surface area contributed by atoms with Crippen LogP contribution in [0.25, 0.3) is 0 Å². The summed E-state index contributed by atoms with van der Waals surface area (Å²) in [5.74, 6) is -0.00988. The average molecular weight is 392 g/mol. The lowest BCUT2D eigenvalue weighted by Gasteiger charge is -2.13. The molecule has 1 aromatic carbocycles. The second-order valence-electron chi connectivity index (χ2n) is 7.27. The molecule has 1 unspecified atom stereocenters. The number of methoxy groups -OCH3 is 1. The summed E-state index contributed by atoms with van der Waals surface area (Å²) in [6.45, 7) is 4.29. The predicted molar refractivity (Wildman–Crippen MR) is 113 cm³/mol. The first-order valence-electron chi connectivity index (χ1n) is 10.7. The van der Waals surface area contributed by atoms with E-state index in [1.807, 2.05) is 0 Å². The smallest absolute Gasteiger partial charge is 0.328 e. The van der Waals surface area contributed by atoms with Gasteiger partial charge in [0.1, 0.15) is 11.8 Å². The van der Waals surface area contributed by atoms with Gasteiger partial charge in [0.2, 0.25) is 0 Å². The van der Waals surface area contributed by atoms with Crippen LogP contribution in [0, 0.1) is 0 Å². The molecular weight excluding hydrogens is 354 g/mol. The molecule has 1 atom stereocenters. The van der Waals surface area contributed by atoms with Crippen molar-refractivity contribution in [1.82, 2.24) is 5.32 Å². The lowest BCUT2D eigenvalue weighted by atomic mass is 10.1. The van der Waals surface area contributed by atoms with Gasteiger partial charge in [-0.1, -0.05) is 64.7 Å². The van der Waals surface area contributed by atoms with Crippen molar-refractivity contribution < 1.29 is 19.1 Å². The van der Waals surface area contributed by atoms with E-state index in [-0.39, 0.29) is 5.91 Å². The van der Waals surface area contributed by atoms with Gasteiger partial charge in [-0.2, -0.15) is 0 Å². The maximum Gasteiger partial charge on any atom is 0.328 e. The summed E-state index contributed by atoms with van der Waals surface area (Å²) in [6.07, 6.45) is 12.4. The first-order chi connectivity index (χ1) is 13.6. The minimum atomic E-state index is -0.669. The normalized spacial score (nSPS) is 11.7. The number of benzene rings is 1. The van der Waals surface area contributed by atoms with E-state index in [9.17, 15) is 9.59 Å². The summed E-state index contributed by atoms with van der Waals surface area (Å²) in [4.78, 5) is 24.2. The summed E-state index contributed by atoms with van der Waals surface area (Å²) in [5.41, 5.74) is 0.482. The molecule has 1 aromatic rings. The van der Waals surface area contributed by atoms with Crippen LogP contribution >= 0.6 is 0 Å². The Hall–Kier alpha value is -2.04. The third-order valence-corrected chi connectivity index (χ3v) is 4.80. The molecule has 0 bridgehead atoms. The largest absolute Gasteiger partial charge is 0.497 e. The third kappa shape index (κ3) is 10.3. The number of esters is 1. The molecule has 5 heteroatoms. The van der Waals surface area contributed by atoms with Crippen LogP contribution in [0.1, 0.15) is 88.4 Å². The van der Waals surface area contributed by atoms with Crippen molar-refractivity contribution in [2.45, 2.75) is 84.1 Å². The average Bonchev–Trinajstić information content (AvgIpc) is 2.71. The molecule has 0 aliphatic heterocycles. The zero-order chi connectivity index (χ0) is 20.6. The summed E-state index contributed by atoms with van der Waals surface area (Å²) in [5, 5.41) is 2.67. The quantitative estimate of drug-likeness (QED) is 0.326. The van der Waals surface area contributed by atoms with E-state index in [1.54, 1.807) is 38.3 Å². The second-order valence-corrected chi connectivity index (χ2v) is 7.27. The maximum absolute atomic E-state index is 12.2. The molecule has 158 valence electrons. The highest BCUT2D eigenvalue weighted by molar-refractivity contribution is 5.96. The first-order valence-corrected chi connectivity index (χ1v) is 10.7. The number of amides is 1. The zero-order valence-corrected chi connectivity index (χ0v) is 17.8. The van der Waals surface area contributed by atoms with E-state index >= 15 is 0 Å². The predicted octanol–water partition coefficient (Wildman–Crippen LogP) is 5.28. The van der Waals surface area contributed by atoms with Gasteiger partial charge in [-0.3, -0.25) is 4.79 Å². The van der Waals surface area contributed by atoms with Crippen molar-refractivity contribution in [3.63, 3.8) is 0 Å². The van der Waals surface area contributed by atoms with Crippen LogP contribution in [0.15, 0.2) is 24.3 Å². The first kappa shape index (κ1) is 24.0. The Balaban J connectivity index is 2.08. The van der Waals surface area contributed by atoms with Crippen LogP contribution in [0.3, 0.4) is 0 Å². The lowest BCUT2D eigenvalue weighted by Crippen LogP contribution is -2.39. The number of carbonyl (C=O) groups is 2. The third-order valence-electron chi connectivity index (χ3n) is 4.80. The second kappa shape index (κ2) is 14.9. The molecule has 0 fully saturated rings. The molecule has 0 saturated carbocycles. The minimum absolute atomic E-state index is 0.300. The Labute approximate surface area is 170 Å². The highest BCUT2D eigenvalue weighted by atomic mass is 16.5. The van der Waals surface area contributed by atoms with Gasteiger partial charge in [-0.15, -0.1) is 0 Å². The standard InChI is InChI=1S/C23H37NO4/c1-4-5-6-7-8-9-10-11-12-13-18-28-23(26)19(2)24-22(25)20-14-16-21(27-3)17-15-20/h14-17,19H,4-13,18H2,1-3H3,(H,24,25). The van der Waals surface area contributed by atoms with E-state index in [0.29, 0.717) is 17.9 Å². The van der Waals surface area contributed by atoms with Crippen molar-refractivity contribution in [3.05, 3.63) is 29.8 Å². The van der Waals surface area contributed by atoms with E-state index < -0.39 is 12.0 Å². The van der Waals surface area contributed by atoms with Gasteiger partial charge in [0.15, 0.2) is 0 Å². The molecule has 0 aliphatic carbocycles. The van der Waals surface area contributed by atoms with E-state index in [2.05, 4.69) is 12.2 Å². The Morgan fingerprint density at radius 3 is 1.96 bits per heavy atom. The van der Waals surface area contributed by atoms with Crippen molar-refractivity contribution in [3.8, 4) is 5.75 Å². The highest BCUT2D eigenvalue weighted by Gasteiger charge is 2.17. The van der Waals surface area contributed by atoms with Gasteiger partial charge in [-0.25, -0.2) is 4.79 Å². The van der Waals surface area contributed by atoms with Crippen molar-refractivity contribution in [2.24, 2.45) is 0 Å². The number of unbranched alkanes of at least 4 members (excludes halogenated alkanes) is 9. The van der Waals surface area contributed by atoms with E-state index in [0.717, 1.165) is 12.8 Å². The van der Waals surface area contributed by atoms with Gasteiger partial charge < -0.3 is 14.8 Å². The number of carbonyl (C=O) groups excluding carboxylic acids is 2. The van der Waals surface area contributed by atoms with Crippen molar-refractivity contribution >= 4 is 11.9 Å². The summed E-state index contributed by atoms with van der Waals surface area (Å²) < 4.78 is 10.3. The van der Waals surface area contributed by atoms with Crippen LogP contribution in [-0.4, -0.2) is 31.6 Å². The number of rotatable bonds is 15. The van der Waals surface area contributed by atoms with Crippen molar-refractivity contribution in [1.29, 1.82) is 0 Å². The molecule has 0 saturated heterocycles. The molecule has 1 amide bonds. The Kier molecular flexibility index (Phi) is 12.8. The molecule has 1 N–H and O–H groups in total. The molecule has 5 nitrogen and oxygen atoms in total. The SMILES string of the molecule is CCCCCCCCCCCCOC(=O)C(C)NC(=O)c1ccc(OC)cc1. The van der Waals surface area contributed by atoms with Crippen LogP contribution in [-0.2, 0) is 9.53 Å². The number of hydrogen-bond acceptors (Lipinski definition) is 4.